The number of ether oxygens (including phenoxy) is 1. The molecule has 0 spiro atoms. The van der Waals surface area contributed by atoms with Crippen LogP contribution in [0, 0.1) is 0 Å². The first-order valence-corrected chi connectivity index (χ1v) is 7.09. The van der Waals surface area contributed by atoms with Crippen molar-refractivity contribution in [3.63, 3.8) is 0 Å². The molecule has 0 radical (unpaired) electrons. The van der Waals surface area contributed by atoms with E-state index in [1.165, 1.54) is 0 Å². The first kappa shape index (κ1) is 15.0. The number of H-pyrrole nitrogens is 1. The van der Waals surface area contributed by atoms with Gasteiger partial charge in [0.2, 0.25) is 5.95 Å². The van der Waals surface area contributed by atoms with Gasteiger partial charge in [-0.05, 0) is 13.3 Å². The summed E-state index contributed by atoms with van der Waals surface area (Å²) in [5.41, 5.74) is 0.655. The number of esters is 1. The first-order chi connectivity index (χ1) is 10.2. The third-order valence-electron chi connectivity index (χ3n) is 2.77. The highest BCUT2D eigenvalue weighted by Crippen LogP contribution is 2.19. The monoisotopic (exact) mass is 292 g/mol. The molecule has 2 aromatic rings. The normalized spacial score (nSPS) is 10.6. The number of hydrogen-bond acceptors (Lipinski definition) is 7. The van der Waals surface area contributed by atoms with Crippen LogP contribution in [0.4, 0.5) is 11.8 Å². The van der Waals surface area contributed by atoms with E-state index in [0.717, 1.165) is 18.4 Å². The van der Waals surface area contributed by atoms with Crippen molar-refractivity contribution in [2.75, 3.05) is 30.3 Å². The molecule has 0 saturated carbocycles. The number of nitrogens with one attached hydrogen (secondary N) is 3. The minimum absolute atomic E-state index is 0.230. The van der Waals surface area contributed by atoms with Crippen LogP contribution in [-0.2, 0) is 9.53 Å². The minimum atomic E-state index is -0.230. The second kappa shape index (κ2) is 7.41. The van der Waals surface area contributed by atoms with E-state index in [0.29, 0.717) is 30.6 Å². The van der Waals surface area contributed by atoms with E-state index in [4.69, 9.17) is 4.74 Å². The van der Waals surface area contributed by atoms with Gasteiger partial charge in [0.05, 0.1) is 24.6 Å². The summed E-state index contributed by atoms with van der Waals surface area (Å²) in [5.74, 6) is 0.954. The standard InChI is InChI=1S/C13H20N6O2/c1-3-6-15-13-17-11(9-8-16-19-12(9)18-13)14-7-5-10(20)21-4-2/h8H,3-7H2,1-2H3,(H3,14,15,16,17,18,19). The maximum Gasteiger partial charge on any atom is 0.307 e. The van der Waals surface area contributed by atoms with Crippen molar-refractivity contribution in [2.45, 2.75) is 26.7 Å². The number of nitrogens with zero attached hydrogens (tertiary/aromatic N) is 3. The predicted octanol–water partition coefficient (Wildman–Crippen LogP) is 1.54. The van der Waals surface area contributed by atoms with Crippen LogP contribution in [0.3, 0.4) is 0 Å². The number of carbonyl (C=O) groups is 1. The fraction of sp³-hybridized carbons (Fsp3) is 0.538. The van der Waals surface area contributed by atoms with Crippen LogP contribution in [0.2, 0.25) is 0 Å². The summed E-state index contributed by atoms with van der Waals surface area (Å²) in [7, 11) is 0. The molecule has 0 fully saturated rings. The van der Waals surface area contributed by atoms with Crippen LogP contribution >= 0.6 is 0 Å². The summed E-state index contributed by atoms with van der Waals surface area (Å²) in [5, 5.41) is 13.8. The van der Waals surface area contributed by atoms with Crippen molar-refractivity contribution in [1.82, 2.24) is 20.2 Å². The third kappa shape index (κ3) is 4.04. The Kier molecular flexibility index (Phi) is 5.30. The van der Waals surface area contributed by atoms with Gasteiger partial charge in [0, 0.05) is 13.1 Å². The molecule has 0 unspecified atom stereocenters. The van der Waals surface area contributed by atoms with Gasteiger partial charge in [0.25, 0.3) is 0 Å². The number of anilines is 2. The second-order valence-electron chi connectivity index (χ2n) is 4.44. The quantitative estimate of drug-likeness (QED) is 0.634. The molecule has 0 aliphatic rings. The Morgan fingerprint density at radius 2 is 2.14 bits per heavy atom. The zero-order valence-corrected chi connectivity index (χ0v) is 12.3. The summed E-state index contributed by atoms with van der Waals surface area (Å²) in [6.45, 7) is 5.49. The second-order valence-corrected chi connectivity index (χ2v) is 4.44. The van der Waals surface area contributed by atoms with Crippen LogP contribution in [0.1, 0.15) is 26.7 Å². The summed E-state index contributed by atoms with van der Waals surface area (Å²) in [6, 6.07) is 0. The topological polar surface area (TPSA) is 105 Å². The molecule has 0 aromatic carbocycles. The molecule has 114 valence electrons. The Bertz CT molecular complexity index is 597. The van der Waals surface area contributed by atoms with E-state index in [2.05, 4.69) is 37.7 Å². The summed E-state index contributed by atoms with van der Waals surface area (Å²) >= 11 is 0. The lowest BCUT2D eigenvalue weighted by Crippen LogP contribution is -2.13. The third-order valence-corrected chi connectivity index (χ3v) is 2.77. The lowest BCUT2D eigenvalue weighted by atomic mass is 10.3. The van der Waals surface area contributed by atoms with E-state index >= 15 is 0 Å². The summed E-state index contributed by atoms with van der Waals surface area (Å²) < 4.78 is 4.89. The van der Waals surface area contributed by atoms with Crippen LogP contribution in [0.5, 0.6) is 0 Å². The SMILES string of the molecule is CCCNc1nc(NCCC(=O)OCC)c2cn[nH]c2n1. The Morgan fingerprint density at radius 1 is 1.29 bits per heavy atom. The average Bonchev–Trinajstić information content (AvgIpc) is 2.94. The van der Waals surface area contributed by atoms with E-state index in [1.807, 2.05) is 0 Å². The van der Waals surface area contributed by atoms with Crippen LogP contribution in [0.25, 0.3) is 11.0 Å². The smallest absolute Gasteiger partial charge is 0.307 e. The molecule has 3 N–H and O–H groups in total. The van der Waals surface area contributed by atoms with Gasteiger partial charge >= 0.3 is 5.97 Å². The fourth-order valence-corrected chi connectivity index (χ4v) is 1.80. The molecule has 2 aromatic heterocycles. The Balaban J connectivity index is 2.06. The number of fused-ring (bicyclic) bond motifs is 1. The molecule has 21 heavy (non-hydrogen) atoms. The van der Waals surface area contributed by atoms with Gasteiger partial charge < -0.3 is 15.4 Å². The highest BCUT2D eigenvalue weighted by atomic mass is 16.5. The van der Waals surface area contributed by atoms with Crippen molar-refractivity contribution < 1.29 is 9.53 Å². The van der Waals surface area contributed by atoms with E-state index in [-0.39, 0.29) is 12.4 Å². The molecule has 0 saturated heterocycles. The van der Waals surface area contributed by atoms with Gasteiger partial charge in [-0.3, -0.25) is 9.89 Å². The van der Waals surface area contributed by atoms with Crippen LogP contribution < -0.4 is 10.6 Å². The first-order valence-electron chi connectivity index (χ1n) is 7.09. The summed E-state index contributed by atoms with van der Waals surface area (Å²) in [6.07, 6.45) is 2.93. The molecule has 2 heterocycles. The predicted molar refractivity (Wildman–Crippen MR) is 80.2 cm³/mol. The highest BCUT2D eigenvalue weighted by molar-refractivity contribution is 5.87. The Hall–Kier alpha value is -2.38. The fourth-order valence-electron chi connectivity index (χ4n) is 1.80. The van der Waals surface area contributed by atoms with Crippen molar-refractivity contribution in [1.29, 1.82) is 0 Å². The minimum Gasteiger partial charge on any atom is -0.466 e. The molecule has 2 rings (SSSR count). The van der Waals surface area contributed by atoms with Gasteiger partial charge in [-0.15, -0.1) is 0 Å². The number of hydrogen-bond donors (Lipinski definition) is 3. The van der Waals surface area contributed by atoms with Crippen LogP contribution in [0.15, 0.2) is 6.20 Å². The lowest BCUT2D eigenvalue weighted by molar-refractivity contribution is -0.142. The van der Waals surface area contributed by atoms with E-state index in [9.17, 15) is 4.79 Å². The molecule has 8 nitrogen and oxygen atoms in total. The van der Waals surface area contributed by atoms with Crippen molar-refractivity contribution in [3.8, 4) is 0 Å². The van der Waals surface area contributed by atoms with Gasteiger partial charge in [-0.2, -0.15) is 15.1 Å². The van der Waals surface area contributed by atoms with Gasteiger partial charge in [0.1, 0.15) is 5.82 Å². The van der Waals surface area contributed by atoms with Gasteiger partial charge in [-0.25, -0.2) is 0 Å². The maximum atomic E-state index is 11.3. The van der Waals surface area contributed by atoms with Crippen molar-refractivity contribution in [3.05, 3.63) is 6.20 Å². The number of rotatable bonds is 8. The molecule has 0 amide bonds. The summed E-state index contributed by atoms with van der Waals surface area (Å²) in [4.78, 5) is 20.1. The number of carbonyl (C=O) groups excluding carboxylic acids is 1. The average molecular weight is 292 g/mol. The molecule has 0 atom stereocenters. The molecular weight excluding hydrogens is 272 g/mol. The van der Waals surface area contributed by atoms with Gasteiger partial charge in [-0.1, -0.05) is 6.92 Å². The van der Waals surface area contributed by atoms with Crippen LogP contribution in [-0.4, -0.2) is 45.8 Å². The zero-order valence-electron chi connectivity index (χ0n) is 12.3. The Labute approximate surface area is 122 Å². The molecular formula is C13H20N6O2. The van der Waals surface area contributed by atoms with E-state index < -0.39 is 0 Å². The van der Waals surface area contributed by atoms with Crippen molar-refractivity contribution in [2.24, 2.45) is 0 Å². The molecule has 0 aliphatic carbocycles. The highest BCUT2D eigenvalue weighted by Gasteiger charge is 2.10. The molecule has 8 heteroatoms. The van der Waals surface area contributed by atoms with E-state index in [1.54, 1.807) is 13.1 Å². The number of aromatic nitrogens is 4. The Morgan fingerprint density at radius 3 is 2.90 bits per heavy atom. The number of aromatic amines is 1. The lowest BCUT2D eigenvalue weighted by Gasteiger charge is -2.09. The zero-order chi connectivity index (χ0) is 15.1. The molecule has 0 bridgehead atoms. The van der Waals surface area contributed by atoms with Gasteiger partial charge in [0.15, 0.2) is 5.65 Å². The van der Waals surface area contributed by atoms with Crippen molar-refractivity contribution >= 4 is 28.8 Å². The molecule has 0 aliphatic heterocycles. The largest absolute Gasteiger partial charge is 0.466 e. The maximum absolute atomic E-state index is 11.3.